The van der Waals surface area contributed by atoms with Gasteiger partial charge in [-0.15, -0.1) is 0 Å². The van der Waals surface area contributed by atoms with E-state index in [4.69, 9.17) is 0 Å². The number of hydrogen-bond acceptors (Lipinski definition) is 6. The minimum Gasteiger partial charge on any atom is -0.273 e. The number of imide groups is 2. The van der Waals surface area contributed by atoms with Crippen molar-refractivity contribution in [3.63, 3.8) is 0 Å². The minimum absolute atomic E-state index is 0.0472. The van der Waals surface area contributed by atoms with Crippen LogP contribution in [0.2, 0.25) is 0 Å². The molecule has 6 amide bonds. The molecule has 8 atom stereocenters. The predicted octanol–water partition coefficient (Wildman–Crippen LogP) is 0.223. The van der Waals surface area contributed by atoms with E-state index in [-0.39, 0.29) is 83.8 Å². The highest BCUT2D eigenvalue weighted by Gasteiger charge is 2.61. The van der Waals surface area contributed by atoms with E-state index >= 15 is 0 Å². The van der Waals surface area contributed by atoms with Gasteiger partial charge in [0.05, 0.1) is 23.7 Å². The first-order valence-corrected chi connectivity index (χ1v) is 12.1. The summed E-state index contributed by atoms with van der Waals surface area (Å²) in [6.07, 6.45) is 10.4. The van der Waals surface area contributed by atoms with E-state index in [1.807, 2.05) is 24.3 Å². The Balaban J connectivity index is 0.939. The first-order valence-electron chi connectivity index (χ1n) is 12.1. The van der Waals surface area contributed by atoms with Crippen molar-refractivity contribution < 1.29 is 28.8 Å². The number of fused-ring (bicyclic) bond motifs is 10. The average Bonchev–Trinajstić information content (AvgIpc) is 3.65. The van der Waals surface area contributed by atoms with Crippen molar-refractivity contribution in [1.82, 2.24) is 20.9 Å². The molecule has 4 fully saturated rings. The smallest absolute Gasteiger partial charge is 0.252 e. The lowest BCUT2D eigenvalue weighted by atomic mass is 9.85. The third-order valence-corrected chi connectivity index (χ3v) is 8.47. The molecule has 0 radical (unpaired) electrons. The maximum absolute atomic E-state index is 12.6. The highest BCUT2D eigenvalue weighted by Crippen LogP contribution is 2.53. The van der Waals surface area contributed by atoms with Crippen LogP contribution in [0.5, 0.6) is 0 Å². The van der Waals surface area contributed by atoms with Crippen LogP contribution in [0, 0.1) is 47.3 Å². The largest absolute Gasteiger partial charge is 0.273 e. The molecule has 0 aromatic heterocycles. The summed E-state index contributed by atoms with van der Waals surface area (Å²) in [7, 11) is 0. The van der Waals surface area contributed by atoms with Crippen LogP contribution in [-0.4, -0.2) is 45.5 Å². The van der Waals surface area contributed by atoms with Crippen LogP contribution in [0.1, 0.15) is 38.5 Å². The molecular weight excluding hydrogens is 440 g/mol. The zero-order valence-corrected chi connectivity index (χ0v) is 18.5. The Morgan fingerprint density at radius 1 is 0.618 bits per heavy atom. The minimum atomic E-state index is -0.455. The molecule has 2 N–H and O–H groups in total. The summed E-state index contributed by atoms with van der Waals surface area (Å²) in [4.78, 5) is 75.1. The highest BCUT2D eigenvalue weighted by atomic mass is 16.2. The fourth-order valence-corrected chi connectivity index (χ4v) is 6.96. The van der Waals surface area contributed by atoms with Crippen molar-refractivity contribution in [3.8, 4) is 0 Å². The van der Waals surface area contributed by atoms with Crippen molar-refractivity contribution in [2.45, 2.75) is 38.5 Å². The standard InChI is InChI=1S/C24H26N4O6/c29-15(25-27-21(31)17-11-5-6-12(9-11)18(17)22(27)32)3-1-2-4-16(30)26-28-23(33)19-13-7-8-14(10-13)20(19)24(28)34/h5-8,11-14,17-20H,1-4,9-10H2,(H,25,29)(H,26,30)/t11-,12-,13-,14+,17-,18+,19+,20+/m0/s1. The number of hydrazine groups is 2. The van der Waals surface area contributed by atoms with E-state index < -0.39 is 11.8 Å². The van der Waals surface area contributed by atoms with Gasteiger partial charge in [0.15, 0.2) is 0 Å². The number of hydrogen-bond donors (Lipinski definition) is 2. The molecule has 2 heterocycles. The predicted molar refractivity (Wildman–Crippen MR) is 114 cm³/mol. The summed E-state index contributed by atoms with van der Waals surface area (Å²) in [6, 6.07) is 0. The fraction of sp³-hybridized carbons (Fsp3) is 0.583. The number of nitrogens with zero attached hydrogens (tertiary/aromatic N) is 2. The number of unbranched alkanes of at least 4 members (excludes halogenated alkanes) is 1. The molecule has 0 unspecified atom stereocenters. The van der Waals surface area contributed by atoms with Gasteiger partial charge in [-0.1, -0.05) is 24.3 Å². The van der Waals surface area contributed by atoms with Crippen LogP contribution in [0.3, 0.4) is 0 Å². The van der Waals surface area contributed by atoms with Gasteiger partial charge in [0.2, 0.25) is 11.8 Å². The summed E-state index contributed by atoms with van der Waals surface area (Å²) in [5.74, 6) is -3.44. The van der Waals surface area contributed by atoms with Crippen molar-refractivity contribution in [3.05, 3.63) is 24.3 Å². The second kappa shape index (κ2) is 7.61. The van der Waals surface area contributed by atoms with E-state index in [1.54, 1.807) is 0 Å². The number of amides is 6. The maximum Gasteiger partial charge on any atom is 0.252 e. The van der Waals surface area contributed by atoms with E-state index in [2.05, 4.69) is 10.9 Å². The summed E-state index contributed by atoms with van der Waals surface area (Å²) < 4.78 is 0. The zero-order chi connectivity index (χ0) is 23.7. The molecule has 10 nitrogen and oxygen atoms in total. The van der Waals surface area contributed by atoms with E-state index in [0.29, 0.717) is 12.8 Å². The Kier molecular flexibility index (Phi) is 4.76. The Morgan fingerprint density at radius 3 is 1.21 bits per heavy atom. The van der Waals surface area contributed by atoms with Gasteiger partial charge in [0, 0.05) is 12.8 Å². The number of carbonyl (C=O) groups excluding carboxylic acids is 6. The number of carbonyl (C=O) groups is 6. The number of allylic oxidation sites excluding steroid dienone is 4. The van der Waals surface area contributed by atoms with Gasteiger partial charge >= 0.3 is 0 Å². The molecule has 6 aliphatic rings. The third kappa shape index (κ3) is 3.00. The van der Waals surface area contributed by atoms with E-state index in [0.717, 1.165) is 22.9 Å². The van der Waals surface area contributed by atoms with Crippen molar-refractivity contribution in [1.29, 1.82) is 0 Å². The highest BCUT2D eigenvalue weighted by molar-refractivity contribution is 6.08. The molecule has 2 saturated carbocycles. The molecule has 34 heavy (non-hydrogen) atoms. The molecule has 178 valence electrons. The first kappa shape index (κ1) is 21.2. The van der Waals surface area contributed by atoms with Crippen molar-refractivity contribution in [2.24, 2.45) is 47.3 Å². The molecule has 4 bridgehead atoms. The van der Waals surface area contributed by atoms with Crippen LogP contribution < -0.4 is 10.9 Å². The lowest BCUT2D eigenvalue weighted by Gasteiger charge is -2.18. The second-order valence-corrected chi connectivity index (χ2v) is 10.3. The third-order valence-electron chi connectivity index (χ3n) is 8.47. The summed E-state index contributed by atoms with van der Waals surface area (Å²) in [6.45, 7) is 0. The molecule has 6 rings (SSSR count). The van der Waals surface area contributed by atoms with Gasteiger partial charge in [0.1, 0.15) is 0 Å². The molecule has 0 aromatic carbocycles. The Morgan fingerprint density at radius 2 is 0.912 bits per heavy atom. The van der Waals surface area contributed by atoms with Crippen LogP contribution in [-0.2, 0) is 28.8 Å². The monoisotopic (exact) mass is 466 g/mol. The van der Waals surface area contributed by atoms with Crippen LogP contribution in [0.15, 0.2) is 24.3 Å². The summed E-state index contributed by atoms with van der Waals surface area (Å²) in [5.41, 5.74) is 4.87. The second-order valence-electron chi connectivity index (χ2n) is 10.3. The maximum atomic E-state index is 12.6. The molecule has 0 aromatic rings. The number of nitrogens with one attached hydrogen (secondary N) is 2. The molecule has 2 aliphatic heterocycles. The van der Waals surface area contributed by atoms with Crippen LogP contribution in [0.25, 0.3) is 0 Å². The molecule has 10 heteroatoms. The van der Waals surface area contributed by atoms with Gasteiger partial charge in [0.25, 0.3) is 23.6 Å². The Hall–Kier alpha value is -3.30. The molecular formula is C24H26N4O6. The van der Waals surface area contributed by atoms with Gasteiger partial charge in [-0.2, -0.15) is 10.0 Å². The summed E-state index contributed by atoms with van der Waals surface area (Å²) in [5, 5.41) is 1.75. The average molecular weight is 466 g/mol. The van der Waals surface area contributed by atoms with Crippen LogP contribution >= 0.6 is 0 Å². The quantitative estimate of drug-likeness (QED) is 0.313. The van der Waals surface area contributed by atoms with Gasteiger partial charge in [-0.05, 0) is 49.4 Å². The lowest BCUT2D eigenvalue weighted by molar-refractivity contribution is -0.150. The van der Waals surface area contributed by atoms with Gasteiger partial charge in [-0.25, -0.2) is 0 Å². The van der Waals surface area contributed by atoms with Gasteiger partial charge < -0.3 is 0 Å². The lowest BCUT2D eigenvalue weighted by Crippen LogP contribution is -2.47. The number of rotatable bonds is 7. The Bertz CT molecular complexity index is 937. The topological polar surface area (TPSA) is 133 Å². The molecule has 2 saturated heterocycles. The molecule has 0 spiro atoms. The SMILES string of the molecule is O=C(CCCCC(=O)NN1C(=O)[C@H]2[C@H](C1=O)[C@H]1C=C[C@@H]2C1)NN1C(=O)[C@@H]2[C@H](C1=O)[C@H]1C=C[C@H]2C1. The van der Waals surface area contributed by atoms with Crippen molar-refractivity contribution in [2.75, 3.05) is 0 Å². The Labute approximate surface area is 195 Å². The van der Waals surface area contributed by atoms with Crippen LogP contribution in [0.4, 0.5) is 0 Å². The van der Waals surface area contributed by atoms with Crippen molar-refractivity contribution >= 4 is 35.4 Å². The van der Waals surface area contributed by atoms with E-state index in [9.17, 15) is 28.8 Å². The molecule has 4 aliphatic carbocycles. The normalized spacial score (nSPS) is 38.4. The van der Waals surface area contributed by atoms with E-state index in [1.165, 1.54) is 0 Å². The first-order chi connectivity index (χ1) is 16.3. The zero-order valence-electron chi connectivity index (χ0n) is 18.5. The fourth-order valence-electron chi connectivity index (χ4n) is 6.96. The van der Waals surface area contributed by atoms with Gasteiger partial charge in [-0.3, -0.25) is 39.6 Å². The summed E-state index contributed by atoms with van der Waals surface area (Å²) >= 11 is 0.